The van der Waals surface area contributed by atoms with Gasteiger partial charge < -0.3 is 4.57 Å². The normalized spacial score (nSPS) is 12.4. The van der Waals surface area contributed by atoms with Gasteiger partial charge in [-0.1, -0.05) is 24.3 Å². The lowest BCUT2D eigenvalue weighted by Crippen LogP contribution is -2.11. The summed E-state index contributed by atoms with van der Waals surface area (Å²) in [6, 6.07) is 10.6. The highest BCUT2D eigenvalue weighted by molar-refractivity contribution is 5.77. The molecule has 1 aromatic carbocycles. The molecule has 1 aromatic heterocycles. The van der Waals surface area contributed by atoms with Crippen molar-refractivity contribution in [1.82, 2.24) is 4.57 Å². The van der Waals surface area contributed by atoms with E-state index in [2.05, 4.69) is 49.6 Å². The van der Waals surface area contributed by atoms with Crippen LogP contribution in [0.1, 0.15) is 45.8 Å². The summed E-state index contributed by atoms with van der Waals surface area (Å²) >= 11 is 0. The lowest BCUT2D eigenvalue weighted by molar-refractivity contribution is 0.112. The topological polar surface area (TPSA) is 22.0 Å². The number of carbonyl (C=O) groups is 1. The van der Waals surface area contributed by atoms with Crippen molar-refractivity contribution in [2.45, 2.75) is 33.7 Å². The number of rotatable bonds is 3. The molecule has 94 valence electrons. The van der Waals surface area contributed by atoms with Crippen LogP contribution in [-0.2, 0) is 0 Å². The van der Waals surface area contributed by atoms with Crippen LogP contribution < -0.4 is 0 Å². The van der Waals surface area contributed by atoms with Gasteiger partial charge in [-0.2, -0.15) is 0 Å². The first-order valence-corrected chi connectivity index (χ1v) is 6.25. The summed E-state index contributed by atoms with van der Waals surface area (Å²) in [4.78, 5) is 11.0. The Morgan fingerprint density at radius 1 is 1.17 bits per heavy atom. The smallest absolute Gasteiger partial charge is 0.151 e. The van der Waals surface area contributed by atoms with Crippen LogP contribution in [0.25, 0.3) is 0 Å². The van der Waals surface area contributed by atoms with Crippen LogP contribution in [0.3, 0.4) is 0 Å². The van der Waals surface area contributed by atoms with Gasteiger partial charge in [0.25, 0.3) is 0 Å². The summed E-state index contributed by atoms with van der Waals surface area (Å²) in [5, 5.41) is 0. The lowest BCUT2D eigenvalue weighted by Gasteiger charge is -2.20. The predicted molar refractivity (Wildman–Crippen MR) is 74.3 cm³/mol. The SMILES string of the molecule is Cc1ccccc1C(C)n1c(C)cc(C=O)c1C. The summed E-state index contributed by atoms with van der Waals surface area (Å²) in [6.45, 7) is 8.36. The fourth-order valence-electron chi connectivity index (χ4n) is 2.71. The molecule has 0 saturated heterocycles. The molecule has 0 radical (unpaired) electrons. The zero-order chi connectivity index (χ0) is 13.3. The van der Waals surface area contributed by atoms with E-state index < -0.39 is 0 Å². The summed E-state index contributed by atoms with van der Waals surface area (Å²) < 4.78 is 2.23. The Bertz CT molecular complexity index is 581. The molecule has 0 aliphatic carbocycles. The molecular weight excluding hydrogens is 222 g/mol. The Morgan fingerprint density at radius 2 is 1.83 bits per heavy atom. The van der Waals surface area contributed by atoms with Crippen molar-refractivity contribution in [3.05, 3.63) is 58.4 Å². The largest absolute Gasteiger partial charge is 0.341 e. The maximum Gasteiger partial charge on any atom is 0.151 e. The standard InChI is InChI=1S/C16H19NO/c1-11-7-5-6-8-16(11)14(4)17-12(2)9-15(10-18)13(17)3/h5-10,14H,1-4H3. The second kappa shape index (κ2) is 4.81. The van der Waals surface area contributed by atoms with Crippen molar-refractivity contribution >= 4 is 6.29 Å². The van der Waals surface area contributed by atoms with Crippen LogP contribution in [0.15, 0.2) is 30.3 Å². The van der Waals surface area contributed by atoms with Crippen LogP contribution in [0.5, 0.6) is 0 Å². The third kappa shape index (κ3) is 1.99. The zero-order valence-electron chi connectivity index (χ0n) is 11.4. The molecule has 0 aliphatic rings. The molecule has 2 heteroatoms. The van der Waals surface area contributed by atoms with E-state index >= 15 is 0 Å². The Kier molecular flexibility index (Phi) is 3.37. The number of carbonyl (C=O) groups excluding carboxylic acids is 1. The van der Waals surface area contributed by atoms with Gasteiger partial charge in [0, 0.05) is 17.0 Å². The maximum absolute atomic E-state index is 11.0. The minimum Gasteiger partial charge on any atom is -0.341 e. The first kappa shape index (κ1) is 12.6. The highest BCUT2D eigenvalue weighted by Crippen LogP contribution is 2.26. The molecule has 2 rings (SSSR count). The summed E-state index contributed by atoms with van der Waals surface area (Å²) in [7, 11) is 0. The Balaban J connectivity index is 2.53. The van der Waals surface area contributed by atoms with Crippen LogP contribution in [-0.4, -0.2) is 10.9 Å². The Hall–Kier alpha value is -1.83. The van der Waals surface area contributed by atoms with E-state index in [4.69, 9.17) is 0 Å². The van der Waals surface area contributed by atoms with Crippen LogP contribution in [0, 0.1) is 20.8 Å². The highest BCUT2D eigenvalue weighted by atomic mass is 16.1. The van der Waals surface area contributed by atoms with Gasteiger partial charge in [-0.25, -0.2) is 0 Å². The predicted octanol–water partition coefficient (Wildman–Crippen LogP) is 3.84. The molecule has 1 heterocycles. The van der Waals surface area contributed by atoms with Gasteiger partial charge in [-0.15, -0.1) is 0 Å². The number of aryl methyl sites for hydroxylation is 2. The number of aromatic nitrogens is 1. The van der Waals surface area contributed by atoms with Gasteiger partial charge in [-0.3, -0.25) is 4.79 Å². The van der Waals surface area contributed by atoms with Crippen molar-refractivity contribution < 1.29 is 4.79 Å². The monoisotopic (exact) mass is 241 g/mol. The Morgan fingerprint density at radius 3 is 2.39 bits per heavy atom. The Labute approximate surface area is 108 Å². The molecule has 0 amide bonds. The molecule has 1 atom stereocenters. The third-order valence-electron chi connectivity index (χ3n) is 3.68. The van der Waals surface area contributed by atoms with Gasteiger partial charge >= 0.3 is 0 Å². The number of hydrogen-bond acceptors (Lipinski definition) is 1. The van der Waals surface area contributed by atoms with E-state index in [1.165, 1.54) is 11.1 Å². The van der Waals surface area contributed by atoms with Crippen LogP contribution in [0.2, 0.25) is 0 Å². The second-order valence-corrected chi connectivity index (χ2v) is 4.85. The molecule has 0 bridgehead atoms. The summed E-state index contributed by atoms with van der Waals surface area (Å²) in [5.74, 6) is 0. The maximum atomic E-state index is 11.0. The van der Waals surface area contributed by atoms with E-state index in [1.54, 1.807) is 0 Å². The highest BCUT2D eigenvalue weighted by Gasteiger charge is 2.16. The van der Waals surface area contributed by atoms with Crippen molar-refractivity contribution in [1.29, 1.82) is 0 Å². The molecule has 0 spiro atoms. The molecule has 18 heavy (non-hydrogen) atoms. The molecular formula is C16H19NO. The minimum atomic E-state index is 0.250. The average Bonchev–Trinajstić information content (AvgIpc) is 2.64. The summed E-state index contributed by atoms with van der Waals surface area (Å²) in [5.41, 5.74) is 5.54. The minimum absolute atomic E-state index is 0.250. The van der Waals surface area contributed by atoms with E-state index in [0.717, 1.165) is 23.2 Å². The number of aldehydes is 1. The van der Waals surface area contributed by atoms with Gasteiger partial charge in [0.05, 0.1) is 6.04 Å². The third-order valence-corrected chi connectivity index (χ3v) is 3.68. The molecule has 0 N–H and O–H groups in total. The zero-order valence-corrected chi connectivity index (χ0v) is 11.4. The fourth-order valence-corrected chi connectivity index (χ4v) is 2.71. The number of nitrogens with zero attached hydrogens (tertiary/aromatic N) is 1. The lowest BCUT2D eigenvalue weighted by atomic mass is 10.0. The van der Waals surface area contributed by atoms with Gasteiger partial charge in [-0.05, 0) is 44.9 Å². The molecule has 0 aliphatic heterocycles. The van der Waals surface area contributed by atoms with Crippen molar-refractivity contribution in [3.8, 4) is 0 Å². The molecule has 0 saturated carbocycles. The fraction of sp³-hybridized carbons (Fsp3) is 0.312. The van der Waals surface area contributed by atoms with Gasteiger partial charge in [0.2, 0.25) is 0 Å². The van der Waals surface area contributed by atoms with Crippen molar-refractivity contribution in [3.63, 3.8) is 0 Å². The van der Waals surface area contributed by atoms with E-state index in [1.807, 2.05) is 13.0 Å². The van der Waals surface area contributed by atoms with Crippen molar-refractivity contribution in [2.75, 3.05) is 0 Å². The van der Waals surface area contributed by atoms with Gasteiger partial charge in [0.1, 0.15) is 0 Å². The van der Waals surface area contributed by atoms with Crippen molar-refractivity contribution in [2.24, 2.45) is 0 Å². The second-order valence-electron chi connectivity index (χ2n) is 4.85. The van der Waals surface area contributed by atoms with E-state index in [0.29, 0.717) is 0 Å². The van der Waals surface area contributed by atoms with Crippen LogP contribution in [0.4, 0.5) is 0 Å². The van der Waals surface area contributed by atoms with Crippen LogP contribution >= 0.6 is 0 Å². The molecule has 0 fully saturated rings. The number of benzene rings is 1. The molecule has 2 aromatic rings. The number of hydrogen-bond donors (Lipinski definition) is 0. The average molecular weight is 241 g/mol. The van der Waals surface area contributed by atoms with E-state index in [9.17, 15) is 4.79 Å². The first-order chi connectivity index (χ1) is 8.56. The first-order valence-electron chi connectivity index (χ1n) is 6.25. The quantitative estimate of drug-likeness (QED) is 0.748. The molecule has 2 nitrogen and oxygen atoms in total. The van der Waals surface area contributed by atoms with Gasteiger partial charge in [0.15, 0.2) is 6.29 Å². The summed E-state index contributed by atoms with van der Waals surface area (Å²) in [6.07, 6.45) is 0.934. The molecule has 1 unspecified atom stereocenters. The van der Waals surface area contributed by atoms with E-state index in [-0.39, 0.29) is 6.04 Å².